The van der Waals surface area contributed by atoms with Crippen LogP contribution in [0.4, 0.5) is 10.5 Å². The van der Waals surface area contributed by atoms with Gasteiger partial charge in [-0.2, -0.15) is 0 Å². The third-order valence-corrected chi connectivity index (χ3v) is 3.81. The molecule has 0 unspecified atom stereocenters. The Bertz CT molecular complexity index is 488. The molecule has 1 aromatic carbocycles. The quantitative estimate of drug-likeness (QED) is 0.871. The minimum atomic E-state index is -0.971. The van der Waals surface area contributed by atoms with Crippen molar-refractivity contribution < 1.29 is 14.7 Å². The highest BCUT2D eigenvalue weighted by Gasteiger charge is 2.28. The first-order chi connectivity index (χ1) is 9.49. The van der Waals surface area contributed by atoms with Crippen molar-refractivity contribution in [1.82, 2.24) is 4.90 Å². The smallest absolute Gasteiger partial charge is 0.335 e. The van der Waals surface area contributed by atoms with Gasteiger partial charge in [0.15, 0.2) is 0 Å². The minimum Gasteiger partial charge on any atom is -0.478 e. The Kier molecular flexibility index (Phi) is 4.27. The zero-order chi connectivity index (χ0) is 14.7. The monoisotopic (exact) mass is 276 g/mol. The zero-order valence-electron chi connectivity index (χ0n) is 11.8. The number of hydrogen-bond donors (Lipinski definition) is 2. The van der Waals surface area contributed by atoms with E-state index in [1.807, 2.05) is 4.90 Å². The number of amides is 2. The summed E-state index contributed by atoms with van der Waals surface area (Å²) in [5.74, 6) is -0.971. The third kappa shape index (κ3) is 3.10. The van der Waals surface area contributed by atoms with Crippen LogP contribution in [-0.4, -0.2) is 34.1 Å². The Labute approximate surface area is 118 Å². The lowest BCUT2D eigenvalue weighted by Crippen LogP contribution is -2.49. The molecule has 1 aromatic rings. The second kappa shape index (κ2) is 5.94. The molecule has 1 heterocycles. The standard InChI is InChI=1S/C15H20N2O3/c1-10-4-3-5-11(2)17(10)15(20)16-13-8-6-12(7-9-13)14(18)19/h6-11H,3-5H2,1-2H3,(H,16,20)(H,18,19)/t10-,11+. The molecule has 1 saturated heterocycles. The van der Waals surface area contributed by atoms with Gasteiger partial charge in [0.1, 0.15) is 0 Å². The number of nitrogens with one attached hydrogen (secondary N) is 1. The van der Waals surface area contributed by atoms with Crippen molar-refractivity contribution in [3.8, 4) is 0 Å². The molecule has 2 N–H and O–H groups in total. The molecule has 0 spiro atoms. The Balaban J connectivity index is 2.05. The van der Waals surface area contributed by atoms with E-state index in [1.54, 1.807) is 12.1 Å². The number of carboxylic acid groups (broad SMARTS) is 1. The van der Waals surface area contributed by atoms with Crippen LogP contribution in [-0.2, 0) is 0 Å². The van der Waals surface area contributed by atoms with E-state index in [0.717, 1.165) is 19.3 Å². The number of benzene rings is 1. The highest BCUT2D eigenvalue weighted by Crippen LogP contribution is 2.23. The second-order valence-corrected chi connectivity index (χ2v) is 5.35. The maximum Gasteiger partial charge on any atom is 0.335 e. The number of aromatic carboxylic acids is 1. The normalized spacial score (nSPS) is 22.4. The number of piperidine rings is 1. The first-order valence-electron chi connectivity index (χ1n) is 6.91. The molecule has 2 atom stereocenters. The SMILES string of the molecule is C[C@@H]1CCC[C@H](C)N1C(=O)Nc1ccc(C(=O)O)cc1. The van der Waals surface area contributed by atoms with Gasteiger partial charge in [-0.1, -0.05) is 0 Å². The number of urea groups is 1. The van der Waals surface area contributed by atoms with Crippen LogP contribution in [0, 0.1) is 0 Å². The first-order valence-corrected chi connectivity index (χ1v) is 6.91. The van der Waals surface area contributed by atoms with Gasteiger partial charge in [0.05, 0.1) is 5.56 Å². The van der Waals surface area contributed by atoms with Gasteiger partial charge in [0, 0.05) is 17.8 Å². The van der Waals surface area contributed by atoms with Gasteiger partial charge >= 0.3 is 12.0 Å². The molecule has 2 amide bonds. The van der Waals surface area contributed by atoms with Crippen LogP contribution in [0.5, 0.6) is 0 Å². The third-order valence-electron chi connectivity index (χ3n) is 3.81. The van der Waals surface area contributed by atoms with E-state index >= 15 is 0 Å². The molecule has 0 radical (unpaired) electrons. The van der Waals surface area contributed by atoms with Gasteiger partial charge in [0.25, 0.3) is 0 Å². The summed E-state index contributed by atoms with van der Waals surface area (Å²) < 4.78 is 0. The summed E-state index contributed by atoms with van der Waals surface area (Å²) in [6.45, 7) is 4.12. The van der Waals surface area contributed by atoms with Gasteiger partial charge in [-0.15, -0.1) is 0 Å². The van der Waals surface area contributed by atoms with E-state index in [1.165, 1.54) is 12.1 Å². The molecular formula is C15H20N2O3. The molecule has 0 aromatic heterocycles. The fourth-order valence-electron chi connectivity index (χ4n) is 2.71. The molecule has 5 heteroatoms. The molecule has 0 aliphatic carbocycles. The van der Waals surface area contributed by atoms with Crippen molar-refractivity contribution in [2.45, 2.75) is 45.2 Å². The predicted molar refractivity (Wildman–Crippen MR) is 77.0 cm³/mol. The fraction of sp³-hybridized carbons (Fsp3) is 0.467. The summed E-state index contributed by atoms with van der Waals surface area (Å²) in [4.78, 5) is 24.9. The van der Waals surface area contributed by atoms with Crippen LogP contribution in [0.25, 0.3) is 0 Å². The molecule has 2 rings (SSSR count). The lowest BCUT2D eigenvalue weighted by molar-refractivity contribution is 0.0697. The van der Waals surface area contributed by atoms with Crippen molar-refractivity contribution in [1.29, 1.82) is 0 Å². The lowest BCUT2D eigenvalue weighted by atomic mass is 9.98. The number of carboxylic acids is 1. The first kappa shape index (κ1) is 14.4. The molecule has 1 fully saturated rings. The van der Waals surface area contributed by atoms with E-state index < -0.39 is 5.97 Å². The number of carbonyl (C=O) groups excluding carboxylic acids is 1. The highest BCUT2D eigenvalue weighted by molar-refractivity contribution is 5.91. The number of likely N-dealkylation sites (tertiary alicyclic amines) is 1. The zero-order valence-corrected chi connectivity index (χ0v) is 11.8. The van der Waals surface area contributed by atoms with Crippen molar-refractivity contribution in [3.63, 3.8) is 0 Å². The van der Waals surface area contributed by atoms with Crippen molar-refractivity contribution in [2.24, 2.45) is 0 Å². The van der Waals surface area contributed by atoms with E-state index in [2.05, 4.69) is 19.2 Å². The van der Waals surface area contributed by atoms with Crippen LogP contribution in [0.1, 0.15) is 43.5 Å². The molecule has 5 nitrogen and oxygen atoms in total. The van der Waals surface area contributed by atoms with E-state index in [4.69, 9.17) is 5.11 Å². The van der Waals surface area contributed by atoms with Gasteiger partial charge < -0.3 is 15.3 Å². The van der Waals surface area contributed by atoms with E-state index in [9.17, 15) is 9.59 Å². The van der Waals surface area contributed by atoms with Crippen LogP contribution >= 0.6 is 0 Å². The van der Waals surface area contributed by atoms with Gasteiger partial charge in [0.2, 0.25) is 0 Å². The number of rotatable bonds is 2. The Morgan fingerprint density at radius 1 is 1.15 bits per heavy atom. The average Bonchev–Trinajstić information content (AvgIpc) is 2.39. The van der Waals surface area contributed by atoms with Gasteiger partial charge in [-0.3, -0.25) is 0 Å². The molecule has 1 aliphatic rings. The number of hydrogen-bond acceptors (Lipinski definition) is 2. The number of anilines is 1. The van der Waals surface area contributed by atoms with Crippen LogP contribution < -0.4 is 5.32 Å². The summed E-state index contributed by atoms with van der Waals surface area (Å²) in [5.41, 5.74) is 0.827. The summed E-state index contributed by atoms with van der Waals surface area (Å²) >= 11 is 0. The number of nitrogens with zero attached hydrogens (tertiary/aromatic N) is 1. The van der Waals surface area contributed by atoms with Gasteiger partial charge in [-0.25, -0.2) is 9.59 Å². The predicted octanol–water partition coefficient (Wildman–Crippen LogP) is 3.18. The maximum atomic E-state index is 12.3. The van der Waals surface area contributed by atoms with Gasteiger partial charge in [-0.05, 0) is 57.4 Å². The van der Waals surface area contributed by atoms with Crippen LogP contribution in [0.3, 0.4) is 0 Å². The van der Waals surface area contributed by atoms with Crippen LogP contribution in [0.15, 0.2) is 24.3 Å². The average molecular weight is 276 g/mol. The molecule has 108 valence electrons. The Morgan fingerprint density at radius 2 is 1.70 bits per heavy atom. The fourth-order valence-corrected chi connectivity index (χ4v) is 2.71. The second-order valence-electron chi connectivity index (χ2n) is 5.35. The van der Waals surface area contributed by atoms with E-state index in [0.29, 0.717) is 5.69 Å². The molecule has 20 heavy (non-hydrogen) atoms. The summed E-state index contributed by atoms with van der Waals surface area (Å²) in [6, 6.07) is 6.55. The van der Waals surface area contributed by atoms with Crippen molar-refractivity contribution in [3.05, 3.63) is 29.8 Å². The molecule has 0 saturated carbocycles. The summed E-state index contributed by atoms with van der Waals surface area (Å²) in [7, 11) is 0. The van der Waals surface area contributed by atoms with Crippen LogP contribution in [0.2, 0.25) is 0 Å². The minimum absolute atomic E-state index is 0.118. The van der Waals surface area contributed by atoms with Crippen molar-refractivity contribution >= 4 is 17.7 Å². The lowest BCUT2D eigenvalue weighted by Gasteiger charge is -2.38. The van der Waals surface area contributed by atoms with E-state index in [-0.39, 0.29) is 23.7 Å². The molecular weight excluding hydrogens is 256 g/mol. The largest absolute Gasteiger partial charge is 0.478 e. The summed E-state index contributed by atoms with van der Waals surface area (Å²) in [5, 5.41) is 11.7. The summed E-state index contributed by atoms with van der Waals surface area (Å²) in [6.07, 6.45) is 3.20. The molecule has 1 aliphatic heterocycles. The molecule has 0 bridgehead atoms. The Hall–Kier alpha value is -2.04. The highest BCUT2D eigenvalue weighted by atomic mass is 16.4. The Morgan fingerprint density at radius 3 is 2.20 bits per heavy atom. The van der Waals surface area contributed by atoms with Crippen molar-refractivity contribution in [2.75, 3.05) is 5.32 Å². The maximum absolute atomic E-state index is 12.3. The number of carbonyl (C=O) groups is 2. The topological polar surface area (TPSA) is 69.6 Å².